The maximum Gasteiger partial charge on any atom is 0.324 e. The van der Waals surface area contributed by atoms with Crippen molar-refractivity contribution in [2.75, 3.05) is 6.54 Å². The number of halogens is 2. The molecule has 1 aliphatic carbocycles. The summed E-state index contributed by atoms with van der Waals surface area (Å²) >= 11 is 0. The summed E-state index contributed by atoms with van der Waals surface area (Å²) in [6.45, 7) is 3.09. The van der Waals surface area contributed by atoms with E-state index in [1.54, 1.807) is 44.2 Å². The van der Waals surface area contributed by atoms with Crippen LogP contribution in [0.15, 0.2) is 83.5 Å². The van der Waals surface area contributed by atoms with Gasteiger partial charge in [0.15, 0.2) is 11.6 Å². The fraction of sp³-hybridized carbons (Fsp3) is 0.194. The third-order valence-electron chi connectivity index (χ3n) is 8.08. The Morgan fingerprint density at radius 2 is 1.80 bits per heavy atom. The number of amides is 3. The molecule has 0 spiro atoms. The minimum absolute atomic E-state index is 0.0866. The number of urea groups is 1. The van der Waals surface area contributed by atoms with Crippen molar-refractivity contribution in [1.29, 1.82) is 0 Å². The molecule has 2 N–H and O–H groups in total. The van der Waals surface area contributed by atoms with Gasteiger partial charge in [0, 0.05) is 35.0 Å². The number of carbonyl (C=O) groups excluding carboxylic acids is 2. The summed E-state index contributed by atoms with van der Waals surface area (Å²) in [7, 11) is -4.15. The van der Waals surface area contributed by atoms with Gasteiger partial charge in [-0.1, -0.05) is 29.9 Å². The van der Waals surface area contributed by atoms with Gasteiger partial charge >= 0.3 is 6.03 Å². The normalized spacial score (nSPS) is 18.5. The van der Waals surface area contributed by atoms with Crippen molar-refractivity contribution >= 4 is 32.9 Å². The third kappa shape index (κ3) is 4.69. The molecule has 1 atom stereocenters. The summed E-state index contributed by atoms with van der Waals surface area (Å²) in [5.41, 5.74) is 0.926. The topological polar surface area (TPSA) is 131 Å². The van der Waals surface area contributed by atoms with Crippen molar-refractivity contribution < 1.29 is 31.5 Å². The number of ether oxygens (including phenoxy) is 1. The first kappa shape index (κ1) is 29.1. The lowest BCUT2D eigenvalue weighted by atomic mass is 9.94. The number of aromatic amines is 1. The molecule has 44 heavy (non-hydrogen) atoms. The monoisotopic (exact) mass is 620 g/mol. The zero-order chi connectivity index (χ0) is 31.4. The van der Waals surface area contributed by atoms with Gasteiger partial charge in [-0.3, -0.25) is 14.5 Å². The molecule has 0 radical (unpaired) electrons. The summed E-state index contributed by atoms with van der Waals surface area (Å²) in [4.78, 5) is 41.3. The number of allylic oxidation sites excluding steroid dienone is 3. The van der Waals surface area contributed by atoms with E-state index in [4.69, 9.17) is 4.74 Å². The molecular formula is C31H26F2N4O6S. The number of benzene rings is 2. The van der Waals surface area contributed by atoms with Gasteiger partial charge in [0.1, 0.15) is 21.8 Å². The van der Waals surface area contributed by atoms with Crippen molar-refractivity contribution in [1.82, 2.24) is 19.2 Å². The molecule has 1 unspecified atom stereocenters. The van der Waals surface area contributed by atoms with Crippen molar-refractivity contribution in [3.63, 3.8) is 0 Å². The minimum atomic E-state index is -4.15. The molecule has 2 aromatic heterocycles. The van der Waals surface area contributed by atoms with E-state index in [0.717, 1.165) is 21.0 Å². The van der Waals surface area contributed by atoms with Crippen molar-refractivity contribution in [2.45, 2.75) is 31.6 Å². The highest BCUT2D eigenvalue weighted by molar-refractivity contribution is 7.91. The van der Waals surface area contributed by atoms with Gasteiger partial charge in [-0.15, -0.1) is 0 Å². The SMILES string of the molecule is CC1=CC=CCC1(C)S(=O)(=O)n1ccc2c(-c3cc(CN4C(=O)CNC4=O)ccc3Oc3ccc(F)cc3F)c[nH]c(=O)c21. The fourth-order valence-corrected chi connectivity index (χ4v) is 7.24. The Bertz CT molecular complexity index is 2080. The van der Waals surface area contributed by atoms with Crippen LogP contribution < -0.4 is 15.6 Å². The van der Waals surface area contributed by atoms with Gasteiger partial charge in [-0.2, -0.15) is 0 Å². The number of H-pyrrole nitrogens is 1. The Morgan fingerprint density at radius 1 is 1.02 bits per heavy atom. The van der Waals surface area contributed by atoms with Crippen LogP contribution in [0, 0.1) is 11.6 Å². The molecule has 3 amide bonds. The number of aromatic nitrogens is 2. The van der Waals surface area contributed by atoms with Crippen LogP contribution >= 0.6 is 0 Å². The Balaban J connectivity index is 1.52. The number of rotatable bonds is 7. The van der Waals surface area contributed by atoms with E-state index in [-0.39, 0.29) is 47.5 Å². The Kier molecular flexibility index (Phi) is 7.00. The standard InChI is InChI=1S/C31H26F2N4O6S/c1-18-5-3-4-11-31(18,2)44(41,42)37-12-10-21-23(15-34-29(39)28(21)37)22-13-19(17-36-27(38)16-35-30(36)40)6-8-25(22)43-26-9-7-20(32)14-24(26)33/h3-10,12-15H,11,16-17H2,1-2H3,(H,34,39)(H,35,40). The summed E-state index contributed by atoms with van der Waals surface area (Å²) in [5, 5.41) is 2.71. The predicted octanol–water partition coefficient (Wildman–Crippen LogP) is 4.96. The first-order chi connectivity index (χ1) is 20.9. The molecule has 0 bridgehead atoms. The highest BCUT2D eigenvalue weighted by Gasteiger charge is 2.43. The molecule has 1 saturated heterocycles. The minimum Gasteiger partial charge on any atom is -0.454 e. The van der Waals surface area contributed by atoms with E-state index in [9.17, 15) is 31.6 Å². The number of imide groups is 1. The van der Waals surface area contributed by atoms with E-state index in [1.165, 1.54) is 24.5 Å². The third-order valence-corrected chi connectivity index (χ3v) is 10.5. The number of pyridine rings is 1. The number of hydrogen-bond acceptors (Lipinski definition) is 6. The maximum atomic E-state index is 14.6. The Morgan fingerprint density at radius 3 is 2.50 bits per heavy atom. The second kappa shape index (κ2) is 10.6. The van der Waals surface area contributed by atoms with Gasteiger partial charge in [-0.25, -0.2) is 26.0 Å². The van der Waals surface area contributed by atoms with Gasteiger partial charge < -0.3 is 15.0 Å². The largest absolute Gasteiger partial charge is 0.454 e. The smallest absolute Gasteiger partial charge is 0.324 e. The number of carbonyl (C=O) groups is 2. The number of fused-ring (bicyclic) bond motifs is 1. The van der Waals surface area contributed by atoms with Crippen LogP contribution in [0.5, 0.6) is 11.5 Å². The molecule has 226 valence electrons. The average molecular weight is 621 g/mol. The zero-order valence-corrected chi connectivity index (χ0v) is 24.4. The van der Waals surface area contributed by atoms with Crippen LogP contribution in [0.4, 0.5) is 13.6 Å². The second-order valence-corrected chi connectivity index (χ2v) is 13.0. The molecule has 6 rings (SSSR count). The number of hydrogen-bond donors (Lipinski definition) is 2. The van der Waals surface area contributed by atoms with E-state index in [1.807, 2.05) is 0 Å². The molecule has 1 aliphatic heterocycles. The molecule has 1 fully saturated rings. The van der Waals surface area contributed by atoms with Crippen LogP contribution in [0.3, 0.4) is 0 Å². The first-order valence-electron chi connectivity index (χ1n) is 13.6. The van der Waals surface area contributed by atoms with Crippen LogP contribution in [0.2, 0.25) is 0 Å². The van der Waals surface area contributed by atoms with Gasteiger partial charge in [0.05, 0.1) is 13.1 Å². The first-order valence-corrected chi connectivity index (χ1v) is 15.0. The van der Waals surface area contributed by atoms with Crippen LogP contribution in [0.25, 0.3) is 22.0 Å². The van der Waals surface area contributed by atoms with E-state index < -0.39 is 43.9 Å². The van der Waals surface area contributed by atoms with Gasteiger partial charge in [0.2, 0.25) is 15.9 Å². The van der Waals surface area contributed by atoms with Crippen LogP contribution in [-0.2, 0) is 21.4 Å². The fourth-order valence-electron chi connectivity index (χ4n) is 5.38. The maximum absolute atomic E-state index is 14.6. The number of nitrogens with zero attached hydrogens (tertiary/aromatic N) is 2. The highest BCUT2D eigenvalue weighted by Crippen LogP contribution is 2.40. The van der Waals surface area contributed by atoms with E-state index in [2.05, 4.69) is 10.3 Å². The van der Waals surface area contributed by atoms with Crippen molar-refractivity contribution in [3.05, 3.63) is 106 Å². The predicted molar refractivity (Wildman–Crippen MR) is 159 cm³/mol. The lowest BCUT2D eigenvalue weighted by Crippen LogP contribution is -2.41. The Labute approximate surface area is 250 Å². The van der Waals surface area contributed by atoms with Gasteiger partial charge in [0.25, 0.3) is 5.56 Å². The second-order valence-electron chi connectivity index (χ2n) is 10.8. The quantitative estimate of drug-likeness (QED) is 0.281. The molecule has 4 aromatic rings. The summed E-state index contributed by atoms with van der Waals surface area (Å²) < 4.78 is 61.8. The van der Waals surface area contributed by atoms with Crippen molar-refractivity contribution in [2.24, 2.45) is 0 Å². The van der Waals surface area contributed by atoms with Crippen LogP contribution in [0.1, 0.15) is 25.8 Å². The van der Waals surface area contributed by atoms with Gasteiger partial charge in [-0.05, 0) is 56.2 Å². The highest BCUT2D eigenvalue weighted by atomic mass is 32.2. The molecule has 0 saturated carbocycles. The Hall–Kier alpha value is -5.04. The summed E-state index contributed by atoms with van der Waals surface area (Å²) in [6, 6.07) is 8.40. The van der Waals surface area contributed by atoms with Crippen molar-refractivity contribution in [3.8, 4) is 22.6 Å². The zero-order valence-electron chi connectivity index (χ0n) is 23.6. The lowest BCUT2D eigenvalue weighted by Gasteiger charge is -2.31. The molecular weight excluding hydrogens is 594 g/mol. The van der Waals surface area contributed by atoms with E-state index in [0.29, 0.717) is 22.8 Å². The van der Waals surface area contributed by atoms with Crippen LogP contribution in [-0.4, -0.2) is 45.5 Å². The summed E-state index contributed by atoms with van der Waals surface area (Å²) in [6.07, 6.45) is 8.15. The summed E-state index contributed by atoms with van der Waals surface area (Å²) in [5.74, 6) is -2.37. The average Bonchev–Trinajstić information content (AvgIpc) is 3.58. The molecule has 2 aromatic carbocycles. The molecule has 10 nitrogen and oxygen atoms in total. The number of nitrogens with one attached hydrogen (secondary N) is 2. The molecule has 2 aliphatic rings. The molecule has 3 heterocycles. The lowest BCUT2D eigenvalue weighted by molar-refractivity contribution is -0.125. The van der Waals surface area contributed by atoms with E-state index >= 15 is 0 Å². The molecule has 13 heteroatoms.